The van der Waals surface area contributed by atoms with E-state index in [0.29, 0.717) is 83.6 Å². The highest BCUT2D eigenvalue weighted by Crippen LogP contribution is 2.36. The molecule has 5 N–H and O–H groups in total. The second kappa shape index (κ2) is 28.2. The Hall–Kier alpha value is -6.28. The van der Waals surface area contributed by atoms with Crippen molar-refractivity contribution in [3.8, 4) is 10.4 Å². The van der Waals surface area contributed by atoms with Crippen LogP contribution >= 0.6 is 11.3 Å². The van der Waals surface area contributed by atoms with Gasteiger partial charge in [-0.05, 0) is 108 Å². The molecule has 432 valence electrons. The lowest BCUT2D eigenvalue weighted by atomic mass is 9.79. The number of thiazole rings is 1. The number of aromatic nitrogens is 3. The molecule has 79 heavy (non-hydrogen) atoms. The summed E-state index contributed by atoms with van der Waals surface area (Å²) in [7, 11) is 1.80. The highest BCUT2D eigenvalue weighted by molar-refractivity contribution is 7.13. The van der Waals surface area contributed by atoms with E-state index in [0.717, 1.165) is 55.7 Å². The van der Waals surface area contributed by atoms with Crippen LogP contribution in [0.25, 0.3) is 10.4 Å². The Kier molecular flexibility index (Phi) is 22.1. The number of hydrogen-bond acceptors (Lipinski definition) is 13. The summed E-state index contributed by atoms with van der Waals surface area (Å²) in [6, 6.07) is 12.2. The number of amides is 5. The Morgan fingerprint density at radius 3 is 2.25 bits per heavy atom. The third-order valence-electron chi connectivity index (χ3n) is 15.9. The number of carbonyl (C=O) groups is 5. The molecule has 3 unspecified atom stereocenters. The Labute approximate surface area is 470 Å². The van der Waals surface area contributed by atoms with E-state index < -0.39 is 34.0 Å². The zero-order valence-corrected chi connectivity index (χ0v) is 49.1. The lowest BCUT2D eigenvalue weighted by molar-refractivity contribution is -0.140. The van der Waals surface area contributed by atoms with Crippen molar-refractivity contribution >= 4 is 58.7 Å². The molecule has 5 amide bonds. The van der Waals surface area contributed by atoms with Crippen LogP contribution in [0.4, 0.5) is 26.1 Å². The topological polar surface area (TPSA) is 197 Å². The highest BCUT2D eigenvalue weighted by Gasteiger charge is 2.43. The molecule has 0 radical (unpaired) electrons. The predicted octanol–water partition coefficient (Wildman–Crippen LogP) is 8.54. The molecule has 4 aromatic rings. The molecule has 2 aromatic heterocycles. The minimum Gasteiger partial charge on any atom is -0.373 e. The molecule has 0 bridgehead atoms. The maximum Gasteiger partial charge on any atom is 0.245 e. The van der Waals surface area contributed by atoms with Crippen LogP contribution in [0, 0.1) is 29.4 Å². The van der Waals surface area contributed by atoms with Gasteiger partial charge >= 0.3 is 0 Å². The first-order valence-electron chi connectivity index (χ1n) is 28.3. The lowest BCUT2D eigenvalue weighted by Crippen LogP contribution is -2.66. The second-order valence-electron chi connectivity index (χ2n) is 22.8. The molecular formula is C59H86F2N12O5S. The van der Waals surface area contributed by atoms with Crippen LogP contribution in [0.2, 0.25) is 0 Å². The van der Waals surface area contributed by atoms with Crippen molar-refractivity contribution < 1.29 is 32.8 Å². The Balaban J connectivity index is 0.000000447. The average molecular weight is 1110 g/mol. The third-order valence-corrected chi connectivity index (χ3v) is 16.9. The summed E-state index contributed by atoms with van der Waals surface area (Å²) in [6.07, 6.45) is 9.13. The first-order chi connectivity index (χ1) is 37.7. The molecule has 2 aromatic carbocycles. The molecule has 4 aliphatic rings. The number of nitrogens with zero attached hydrogens (tertiary/aromatic N) is 7. The quantitative estimate of drug-likeness (QED) is 0.0471. The summed E-state index contributed by atoms with van der Waals surface area (Å²) in [5.74, 6) is 0.0597. The molecule has 4 aliphatic heterocycles. The van der Waals surface area contributed by atoms with Crippen LogP contribution in [-0.2, 0) is 30.5 Å². The zero-order chi connectivity index (χ0) is 57.5. The second-order valence-corrected chi connectivity index (χ2v) is 23.6. The normalized spacial score (nSPS) is 18.7. The smallest absolute Gasteiger partial charge is 0.245 e. The Morgan fingerprint density at radius 2 is 1.63 bits per heavy atom. The summed E-state index contributed by atoms with van der Waals surface area (Å²) < 4.78 is 31.5. The largest absolute Gasteiger partial charge is 0.373 e. The lowest BCUT2D eigenvalue weighted by Gasteiger charge is -2.48. The van der Waals surface area contributed by atoms with Gasteiger partial charge in [-0.3, -0.25) is 28.9 Å². The molecule has 6 heterocycles. The number of piperidine rings is 2. The van der Waals surface area contributed by atoms with Crippen LogP contribution in [0.15, 0.2) is 54.3 Å². The number of aryl methyl sites for hydroxylation is 1. The fourth-order valence-electron chi connectivity index (χ4n) is 10.9. The van der Waals surface area contributed by atoms with Gasteiger partial charge in [-0.1, -0.05) is 72.2 Å². The van der Waals surface area contributed by atoms with Crippen molar-refractivity contribution in [3.63, 3.8) is 0 Å². The maximum atomic E-state index is 15.8. The van der Waals surface area contributed by atoms with E-state index in [9.17, 15) is 24.0 Å². The van der Waals surface area contributed by atoms with Crippen LogP contribution in [-0.4, -0.2) is 132 Å². The van der Waals surface area contributed by atoms with Crippen molar-refractivity contribution in [1.82, 2.24) is 46.0 Å². The van der Waals surface area contributed by atoms with E-state index in [2.05, 4.69) is 70.4 Å². The highest BCUT2D eigenvalue weighted by atomic mass is 32.1. The van der Waals surface area contributed by atoms with Crippen LogP contribution in [0.1, 0.15) is 142 Å². The van der Waals surface area contributed by atoms with Crippen molar-refractivity contribution in [1.29, 1.82) is 0 Å². The zero-order valence-electron chi connectivity index (χ0n) is 48.3. The SMILES string of the molecule is CC.CNc1cc(N2CCC3(CC2)CN(c2cc(F)c(CN4CCC(C)(C(=O)NCCCCCC(=O)NC(C(=O)N5CCCC5C)C(C)(C)C)CC4)cc2F)CC(=O)N3)ncn1.Cc1ncsc1-c1ccc(C(C)NC=O)cc1. The third kappa shape index (κ3) is 16.4. The number of hydrogen-bond donors (Lipinski definition) is 5. The Morgan fingerprint density at radius 1 is 0.924 bits per heavy atom. The van der Waals surface area contributed by atoms with Gasteiger partial charge in [-0.25, -0.2) is 23.7 Å². The van der Waals surface area contributed by atoms with Crippen LogP contribution in [0.5, 0.6) is 0 Å². The van der Waals surface area contributed by atoms with Crippen LogP contribution < -0.4 is 36.4 Å². The van der Waals surface area contributed by atoms with Crippen molar-refractivity contribution in [2.45, 2.75) is 157 Å². The molecule has 1 spiro atoms. The number of benzene rings is 2. The van der Waals surface area contributed by atoms with Crippen LogP contribution in [0.3, 0.4) is 0 Å². The van der Waals surface area contributed by atoms with E-state index in [4.69, 9.17) is 0 Å². The first kappa shape index (κ1) is 61.9. The molecule has 17 nitrogen and oxygen atoms in total. The first-order valence-corrected chi connectivity index (χ1v) is 29.2. The van der Waals surface area contributed by atoms with Gasteiger partial charge in [0.05, 0.1) is 39.9 Å². The van der Waals surface area contributed by atoms with Crippen molar-refractivity contribution in [2.24, 2.45) is 10.8 Å². The van der Waals surface area contributed by atoms with Gasteiger partial charge in [0.2, 0.25) is 30.0 Å². The Bertz CT molecular complexity index is 2670. The minimum absolute atomic E-state index is 0.00546. The average Bonchev–Trinajstić information content (AvgIpc) is 4.15. The molecule has 20 heteroatoms. The summed E-state index contributed by atoms with van der Waals surface area (Å²) >= 11 is 1.64. The fraction of sp³-hybridized carbons (Fsp3) is 0.593. The number of likely N-dealkylation sites (tertiary alicyclic amines) is 2. The summed E-state index contributed by atoms with van der Waals surface area (Å²) in [6.45, 7) is 22.1. The van der Waals surface area contributed by atoms with Crippen molar-refractivity contribution in [2.75, 3.05) is 74.5 Å². The monoisotopic (exact) mass is 1110 g/mol. The van der Waals surface area contributed by atoms with Gasteiger partial charge in [0, 0.05) is 81.9 Å². The van der Waals surface area contributed by atoms with E-state index in [1.165, 1.54) is 28.9 Å². The number of halogens is 2. The molecule has 0 saturated carbocycles. The van der Waals surface area contributed by atoms with E-state index in [1.54, 1.807) is 23.3 Å². The summed E-state index contributed by atoms with van der Waals surface area (Å²) in [5, 5.41) is 15.0. The molecule has 8 rings (SSSR count). The molecule has 3 atom stereocenters. The molecule has 0 aliphatic carbocycles. The number of rotatable bonds is 18. The maximum absolute atomic E-state index is 15.8. The number of unbranched alkanes of at least 4 members (excludes halogenated alkanes) is 2. The molecule has 4 saturated heterocycles. The van der Waals surface area contributed by atoms with Gasteiger partial charge in [0.15, 0.2) is 0 Å². The van der Waals surface area contributed by atoms with Gasteiger partial charge in [-0.15, -0.1) is 11.3 Å². The van der Waals surface area contributed by atoms with E-state index in [-0.39, 0.29) is 60.1 Å². The van der Waals surface area contributed by atoms with Crippen molar-refractivity contribution in [3.05, 3.63) is 82.8 Å². The molecular weight excluding hydrogens is 1030 g/mol. The number of piperazine rings is 1. The number of anilines is 3. The number of carbonyl (C=O) groups excluding carboxylic acids is 5. The number of nitrogens with one attached hydrogen (secondary N) is 5. The summed E-state index contributed by atoms with van der Waals surface area (Å²) in [5.41, 5.74) is 3.98. The van der Waals surface area contributed by atoms with Gasteiger partial charge in [0.1, 0.15) is 35.6 Å². The standard InChI is InChI=1S/C44H66F2N10O4.C13H14N2OS.C2H6/c1-30-11-10-18-56(30)40(59)39(42(2,3)4)51-37(57)12-8-7-9-17-48-41(60)43(5)13-19-53(20-14-43)26-31-23-33(46)34(24-32(31)45)55-27-38(58)52-44(28-55)15-21-54(22-16-44)36-25-35(47-6)49-29-50-36;1-9(14-7-16)11-3-5-12(6-4-11)13-10(2)15-8-17-13;1-2/h23-25,29-30,39H,7-22,26-28H2,1-6H3,(H,48,60)(H,51,57)(H,52,58)(H,47,49,50);3-9H,1-2H3,(H,14,16);1-2H3. The van der Waals surface area contributed by atoms with E-state index >= 15 is 8.78 Å². The van der Waals surface area contributed by atoms with Gasteiger partial charge < -0.3 is 41.3 Å². The van der Waals surface area contributed by atoms with Gasteiger partial charge in [0.25, 0.3) is 0 Å². The predicted molar refractivity (Wildman–Crippen MR) is 310 cm³/mol. The fourth-order valence-corrected chi connectivity index (χ4v) is 11.7. The van der Waals surface area contributed by atoms with E-state index in [1.807, 2.05) is 84.0 Å². The minimum atomic E-state index is -0.573. The molecule has 4 fully saturated rings. The van der Waals surface area contributed by atoms with Gasteiger partial charge in [-0.2, -0.15) is 0 Å². The summed E-state index contributed by atoms with van der Waals surface area (Å²) in [4.78, 5) is 84.5.